The van der Waals surface area contributed by atoms with E-state index in [1.165, 1.54) is 0 Å². The Bertz CT molecular complexity index is 1110. The number of aliphatic hydroxyl groups is 1. The van der Waals surface area contributed by atoms with Crippen molar-refractivity contribution in [1.29, 1.82) is 5.26 Å². The Hall–Kier alpha value is -3.12. The minimum Gasteiger partial charge on any atom is -0.492 e. The van der Waals surface area contributed by atoms with Crippen molar-refractivity contribution in [2.75, 3.05) is 6.61 Å². The number of carbonyl (C=O) groups excluding carboxylic acids is 1. The molecule has 2 aromatic carbocycles. The molecule has 0 aromatic heterocycles. The Morgan fingerprint density at radius 3 is 2.65 bits per heavy atom. The molecule has 0 bridgehead atoms. The zero-order chi connectivity index (χ0) is 24.8. The first-order chi connectivity index (χ1) is 16.1. The number of hydrazone groups is 1. The van der Waals surface area contributed by atoms with E-state index in [0.717, 1.165) is 11.3 Å². The molecule has 1 amide bonds. The lowest BCUT2D eigenvalue weighted by Crippen LogP contribution is -2.59. The van der Waals surface area contributed by atoms with Gasteiger partial charge in [0.2, 0.25) is 5.91 Å². The minimum atomic E-state index is -1.66. The summed E-state index contributed by atoms with van der Waals surface area (Å²) in [7, 11) is 0. The summed E-state index contributed by atoms with van der Waals surface area (Å²) in [5, 5.41) is 28.0. The molecule has 9 heteroatoms. The highest BCUT2D eigenvalue weighted by atomic mass is 35.5. The minimum absolute atomic E-state index is 0.0966. The molecule has 34 heavy (non-hydrogen) atoms. The average molecular weight is 485 g/mol. The molecular weight excluding hydrogens is 456 g/mol. The van der Waals surface area contributed by atoms with Gasteiger partial charge in [0.15, 0.2) is 0 Å². The zero-order valence-corrected chi connectivity index (χ0v) is 20.3. The standard InChI is InChI=1S/C25H29ClN4O4/c1-4-25(32,34-21-8-6-5-7-18(21)16-27)30-24(2,3)13-14-33-22-11-9-17(15-19(22)26)20-10-12-23(31)29-28-20/h5-9,11,15,30,32H,4,10,12-14H2,1-3H3,(H,29,31). The van der Waals surface area contributed by atoms with Crippen LogP contribution < -0.4 is 20.2 Å². The van der Waals surface area contributed by atoms with Crippen LogP contribution in [0.1, 0.15) is 57.6 Å². The highest BCUT2D eigenvalue weighted by Crippen LogP contribution is 2.28. The molecule has 2 aromatic rings. The smallest absolute Gasteiger partial charge is 0.268 e. The van der Waals surface area contributed by atoms with Crippen LogP contribution in [0.3, 0.4) is 0 Å². The van der Waals surface area contributed by atoms with Gasteiger partial charge in [0.25, 0.3) is 5.91 Å². The fourth-order valence-electron chi connectivity index (χ4n) is 3.50. The molecule has 0 saturated heterocycles. The van der Waals surface area contributed by atoms with Crippen molar-refractivity contribution in [1.82, 2.24) is 10.7 Å². The second kappa shape index (κ2) is 10.9. The molecule has 1 aliphatic rings. The van der Waals surface area contributed by atoms with Crippen molar-refractivity contribution >= 4 is 23.2 Å². The number of para-hydroxylation sites is 1. The normalized spacial score (nSPS) is 15.5. The molecule has 3 N–H and O–H groups in total. The quantitative estimate of drug-likeness (QED) is 0.437. The number of nitrogens with zero attached hydrogens (tertiary/aromatic N) is 2. The monoisotopic (exact) mass is 484 g/mol. The number of nitriles is 1. The van der Waals surface area contributed by atoms with E-state index in [1.54, 1.807) is 43.3 Å². The van der Waals surface area contributed by atoms with Crippen molar-refractivity contribution in [2.24, 2.45) is 5.10 Å². The molecule has 3 rings (SSSR count). The van der Waals surface area contributed by atoms with Gasteiger partial charge in [-0.1, -0.05) is 30.7 Å². The molecule has 180 valence electrons. The molecule has 1 aliphatic heterocycles. The Kier molecular flexibility index (Phi) is 8.15. The van der Waals surface area contributed by atoms with E-state index in [-0.39, 0.29) is 12.3 Å². The van der Waals surface area contributed by atoms with Crippen LogP contribution in [0.5, 0.6) is 11.5 Å². The number of carbonyl (C=O) groups is 1. The summed E-state index contributed by atoms with van der Waals surface area (Å²) in [4.78, 5) is 11.3. The second-order valence-electron chi connectivity index (χ2n) is 8.69. The van der Waals surface area contributed by atoms with E-state index in [2.05, 4.69) is 21.9 Å². The van der Waals surface area contributed by atoms with Gasteiger partial charge in [-0.2, -0.15) is 10.4 Å². The zero-order valence-electron chi connectivity index (χ0n) is 19.5. The van der Waals surface area contributed by atoms with Gasteiger partial charge in [0.1, 0.15) is 17.6 Å². The number of hydrogen-bond acceptors (Lipinski definition) is 7. The largest absolute Gasteiger partial charge is 0.492 e. The third-order valence-corrected chi connectivity index (χ3v) is 5.75. The molecule has 1 unspecified atom stereocenters. The number of halogens is 1. The lowest BCUT2D eigenvalue weighted by atomic mass is 10.00. The predicted octanol–water partition coefficient (Wildman–Crippen LogP) is 4.10. The first kappa shape index (κ1) is 25.5. The molecule has 1 heterocycles. The van der Waals surface area contributed by atoms with Gasteiger partial charge < -0.3 is 14.6 Å². The maximum Gasteiger partial charge on any atom is 0.268 e. The fraction of sp³-hybridized carbons (Fsp3) is 0.400. The Labute approximate surface area is 204 Å². The molecule has 0 aliphatic carbocycles. The van der Waals surface area contributed by atoms with E-state index < -0.39 is 11.4 Å². The summed E-state index contributed by atoms with van der Waals surface area (Å²) in [6.07, 6.45) is 1.75. The lowest BCUT2D eigenvalue weighted by Gasteiger charge is -2.37. The van der Waals surface area contributed by atoms with Gasteiger partial charge in [-0.05, 0) is 56.2 Å². The van der Waals surface area contributed by atoms with E-state index in [4.69, 9.17) is 21.1 Å². The van der Waals surface area contributed by atoms with Crippen LogP contribution in [0.15, 0.2) is 47.6 Å². The average Bonchev–Trinajstić information content (AvgIpc) is 2.80. The third kappa shape index (κ3) is 6.70. The summed E-state index contributed by atoms with van der Waals surface area (Å²) in [6.45, 7) is 5.98. The Morgan fingerprint density at radius 2 is 2.00 bits per heavy atom. The second-order valence-corrected chi connectivity index (χ2v) is 9.10. The summed E-state index contributed by atoms with van der Waals surface area (Å²) in [5.41, 5.74) is 3.87. The third-order valence-electron chi connectivity index (χ3n) is 5.45. The van der Waals surface area contributed by atoms with E-state index >= 15 is 0 Å². The summed E-state index contributed by atoms with van der Waals surface area (Å²) in [6, 6.07) is 14.2. The van der Waals surface area contributed by atoms with Gasteiger partial charge >= 0.3 is 0 Å². The van der Waals surface area contributed by atoms with Crippen LogP contribution in [0.4, 0.5) is 0 Å². The van der Waals surface area contributed by atoms with E-state index in [9.17, 15) is 15.2 Å². The van der Waals surface area contributed by atoms with Gasteiger partial charge in [0, 0.05) is 24.8 Å². The van der Waals surface area contributed by atoms with Crippen molar-refractivity contribution < 1.29 is 19.4 Å². The van der Waals surface area contributed by atoms with Gasteiger partial charge in [-0.15, -0.1) is 0 Å². The van der Waals surface area contributed by atoms with Gasteiger partial charge in [-0.25, -0.2) is 5.43 Å². The Balaban J connectivity index is 1.59. The molecule has 0 saturated carbocycles. The topological polar surface area (TPSA) is 116 Å². The van der Waals surface area contributed by atoms with Crippen LogP contribution in [0, 0.1) is 11.3 Å². The van der Waals surface area contributed by atoms with Crippen molar-refractivity contribution in [3.05, 3.63) is 58.6 Å². The van der Waals surface area contributed by atoms with E-state index in [0.29, 0.717) is 48.0 Å². The highest BCUT2D eigenvalue weighted by molar-refractivity contribution is 6.32. The van der Waals surface area contributed by atoms with Gasteiger partial charge in [-0.3, -0.25) is 10.1 Å². The van der Waals surface area contributed by atoms with Crippen LogP contribution >= 0.6 is 11.6 Å². The van der Waals surface area contributed by atoms with Gasteiger partial charge in [0.05, 0.1) is 22.9 Å². The van der Waals surface area contributed by atoms with Crippen LogP contribution in [0.25, 0.3) is 0 Å². The van der Waals surface area contributed by atoms with Crippen molar-refractivity contribution in [3.63, 3.8) is 0 Å². The molecule has 0 spiro atoms. The number of benzene rings is 2. The maximum atomic E-state index is 11.3. The van der Waals surface area contributed by atoms with Crippen LogP contribution in [-0.4, -0.2) is 34.8 Å². The van der Waals surface area contributed by atoms with E-state index in [1.807, 2.05) is 19.9 Å². The number of rotatable bonds is 10. The highest BCUT2D eigenvalue weighted by Gasteiger charge is 2.34. The van der Waals surface area contributed by atoms with Crippen LogP contribution in [-0.2, 0) is 4.79 Å². The molecule has 0 radical (unpaired) electrons. The molecular formula is C25H29ClN4O4. The molecule has 1 atom stereocenters. The predicted molar refractivity (Wildman–Crippen MR) is 130 cm³/mol. The SMILES string of the molecule is CCC(O)(NC(C)(C)CCOc1ccc(C2=NNC(=O)CC2)cc1Cl)Oc1ccccc1C#N. The number of ether oxygens (including phenoxy) is 2. The van der Waals surface area contributed by atoms with Crippen LogP contribution in [0.2, 0.25) is 5.02 Å². The number of amides is 1. The summed E-state index contributed by atoms with van der Waals surface area (Å²) >= 11 is 6.41. The fourth-order valence-corrected chi connectivity index (χ4v) is 3.74. The van der Waals surface area contributed by atoms with Crippen molar-refractivity contribution in [2.45, 2.75) is 57.9 Å². The molecule has 8 nitrogen and oxygen atoms in total. The summed E-state index contributed by atoms with van der Waals surface area (Å²) in [5.74, 6) is -0.915. The number of hydrogen-bond donors (Lipinski definition) is 3. The van der Waals surface area contributed by atoms with Crippen molar-refractivity contribution in [3.8, 4) is 17.6 Å². The summed E-state index contributed by atoms with van der Waals surface area (Å²) < 4.78 is 11.7. The Morgan fingerprint density at radius 1 is 1.24 bits per heavy atom. The maximum absolute atomic E-state index is 11.3. The number of nitrogens with one attached hydrogen (secondary N) is 2. The first-order valence-corrected chi connectivity index (χ1v) is 11.5. The molecule has 0 fully saturated rings. The first-order valence-electron chi connectivity index (χ1n) is 11.1. The lowest BCUT2D eigenvalue weighted by molar-refractivity contribution is -0.180.